The summed E-state index contributed by atoms with van der Waals surface area (Å²) in [5, 5.41) is 1.65. The van der Waals surface area contributed by atoms with Crippen LogP contribution < -0.4 is 0 Å². The van der Waals surface area contributed by atoms with Crippen molar-refractivity contribution in [1.29, 1.82) is 0 Å². The first-order valence-corrected chi connectivity index (χ1v) is 12.6. The summed E-state index contributed by atoms with van der Waals surface area (Å²) in [6.45, 7) is 5.05. The molecule has 2 aliphatic rings. The fourth-order valence-electron chi connectivity index (χ4n) is 4.09. The van der Waals surface area contributed by atoms with Gasteiger partial charge in [0.2, 0.25) is 0 Å². The maximum atomic E-state index is 3.68. The second kappa shape index (κ2) is 5.57. The third-order valence-corrected chi connectivity index (χ3v) is 10.3. The average molecular weight is 446 g/mol. The highest BCUT2D eigenvalue weighted by molar-refractivity contribution is 9.10. The van der Waals surface area contributed by atoms with Crippen molar-refractivity contribution >= 4 is 39.9 Å². The molecule has 2 aromatic carbocycles. The van der Waals surface area contributed by atoms with Crippen molar-refractivity contribution in [3.05, 3.63) is 79.9 Å². The minimum Gasteiger partial charge on any atom is -0.0809 e. The van der Waals surface area contributed by atoms with Gasteiger partial charge in [0.15, 0.2) is 0 Å². The zero-order valence-electron chi connectivity index (χ0n) is 13.2. The van der Waals surface area contributed by atoms with Crippen molar-refractivity contribution in [2.75, 3.05) is 0 Å². The predicted octanol–water partition coefficient (Wildman–Crippen LogP) is 7.00. The minimum atomic E-state index is -1.63. The van der Waals surface area contributed by atoms with Crippen LogP contribution in [0, 0.1) is 0 Å². The van der Waals surface area contributed by atoms with Crippen molar-refractivity contribution in [1.82, 2.24) is 0 Å². The molecule has 0 aromatic heterocycles. The Hall–Kier alpha value is -0.903. The molecule has 0 spiro atoms. The van der Waals surface area contributed by atoms with E-state index in [-0.39, 0.29) is 0 Å². The van der Waals surface area contributed by atoms with E-state index in [2.05, 4.69) is 99.6 Å². The summed E-state index contributed by atoms with van der Waals surface area (Å²) in [6, 6.07) is 13.6. The SMILES string of the molecule is C[Si](C)(C1=CC=CC1)C1c2cc(Br)ccc2-c2ccc(Br)cc21. The molecule has 3 heteroatoms. The van der Waals surface area contributed by atoms with Gasteiger partial charge in [-0.3, -0.25) is 0 Å². The van der Waals surface area contributed by atoms with Crippen LogP contribution in [0.5, 0.6) is 0 Å². The van der Waals surface area contributed by atoms with E-state index in [4.69, 9.17) is 0 Å². The quantitative estimate of drug-likeness (QED) is 0.436. The molecule has 2 aromatic rings. The highest BCUT2D eigenvalue weighted by atomic mass is 79.9. The van der Waals surface area contributed by atoms with Crippen LogP contribution in [-0.2, 0) is 0 Å². The van der Waals surface area contributed by atoms with Gasteiger partial charge < -0.3 is 0 Å². The van der Waals surface area contributed by atoms with Gasteiger partial charge in [0.05, 0.1) is 8.07 Å². The molecule has 0 amide bonds. The molecule has 0 unspecified atom stereocenters. The van der Waals surface area contributed by atoms with Crippen molar-refractivity contribution in [3.63, 3.8) is 0 Å². The number of hydrogen-bond acceptors (Lipinski definition) is 0. The molecule has 0 bridgehead atoms. The molecular formula is C20H18Br2Si. The zero-order valence-corrected chi connectivity index (χ0v) is 17.4. The number of halogens is 2. The smallest absolute Gasteiger partial charge is 0.0809 e. The Labute approximate surface area is 155 Å². The van der Waals surface area contributed by atoms with E-state index in [1.807, 2.05) is 0 Å². The first-order chi connectivity index (χ1) is 11.0. The van der Waals surface area contributed by atoms with Gasteiger partial charge in [-0.1, -0.05) is 80.5 Å². The average Bonchev–Trinajstić information content (AvgIpc) is 3.12. The molecule has 0 saturated carbocycles. The second-order valence-electron chi connectivity index (χ2n) is 6.94. The van der Waals surface area contributed by atoms with Crippen LogP contribution in [-0.4, -0.2) is 8.07 Å². The van der Waals surface area contributed by atoms with Crippen LogP contribution >= 0.6 is 31.9 Å². The first kappa shape index (κ1) is 15.6. The number of hydrogen-bond donors (Lipinski definition) is 0. The highest BCUT2D eigenvalue weighted by Crippen LogP contribution is 2.52. The summed E-state index contributed by atoms with van der Waals surface area (Å²) < 4.78 is 2.35. The zero-order chi connectivity index (χ0) is 16.2. The Balaban J connectivity index is 1.96. The van der Waals surface area contributed by atoms with Crippen LogP contribution in [0.4, 0.5) is 0 Å². The van der Waals surface area contributed by atoms with Crippen LogP contribution in [0.2, 0.25) is 13.1 Å². The third-order valence-electron chi connectivity index (χ3n) is 5.26. The molecule has 116 valence electrons. The summed E-state index contributed by atoms with van der Waals surface area (Å²) in [4.78, 5) is 0. The third kappa shape index (κ3) is 2.44. The van der Waals surface area contributed by atoms with Crippen molar-refractivity contribution < 1.29 is 0 Å². The Bertz CT molecular complexity index is 810. The first-order valence-electron chi connectivity index (χ1n) is 7.94. The standard InChI is InChI=1S/C20H18Br2Si/c1-23(2,15-5-3-4-6-15)20-18-11-13(21)7-9-16(18)17-10-8-14(22)12-19(17)20/h3-5,7-12,20H,6H2,1-2H3. The van der Waals surface area contributed by atoms with Gasteiger partial charge in [0, 0.05) is 14.5 Å². The number of benzene rings is 2. The number of allylic oxidation sites excluding steroid dienone is 4. The van der Waals surface area contributed by atoms with E-state index in [0.717, 1.165) is 6.42 Å². The fourth-order valence-corrected chi connectivity index (χ4v) is 8.42. The molecule has 0 saturated heterocycles. The number of rotatable bonds is 2. The van der Waals surface area contributed by atoms with E-state index in [1.54, 1.807) is 5.20 Å². The Morgan fingerprint density at radius 2 is 1.48 bits per heavy atom. The maximum absolute atomic E-state index is 3.68. The van der Waals surface area contributed by atoms with Crippen molar-refractivity contribution in [2.45, 2.75) is 25.1 Å². The maximum Gasteiger partial charge on any atom is 0.0881 e. The van der Waals surface area contributed by atoms with Gasteiger partial charge >= 0.3 is 0 Å². The molecule has 4 rings (SSSR count). The molecule has 0 aliphatic heterocycles. The van der Waals surface area contributed by atoms with Gasteiger partial charge in [-0.05, 0) is 52.9 Å². The van der Waals surface area contributed by atoms with Crippen LogP contribution in [0.3, 0.4) is 0 Å². The number of fused-ring (bicyclic) bond motifs is 3. The lowest BCUT2D eigenvalue weighted by atomic mass is 10.1. The second-order valence-corrected chi connectivity index (χ2v) is 13.4. The molecule has 0 heterocycles. The van der Waals surface area contributed by atoms with Crippen LogP contribution in [0.1, 0.15) is 23.1 Å². The molecule has 0 radical (unpaired) electrons. The Morgan fingerprint density at radius 1 is 0.913 bits per heavy atom. The van der Waals surface area contributed by atoms with Crippen LogP contribution in [0.25, 0.3) is 11.1 Å². The predicted molar refractivity (Wildman–Crippen MR) is 108 cm³/mol. The van der Waals surface area contributed by atoms with Gasteiger partial charge in [0.1, 0.15) is 0 Å². The van der Waals surface area contributed by atoms with E-state index in [0.29, 0.717) is 5.54 Å². The largest absolute Gasteiger partial charge is 0.0881 e. The van der Waals surface area contributed by atoms with Crippen molar-refractivity contribution in [3.8, 4) is 11.1 Å². The summed E-state index contributed by atoms with van der Waals surface area (Å²) in [6.07, 6.45) is 8.01. The molecule has 0 N–H and O–H groups in total. The molecular weight excluding hydrogens is 428 g/mol. The van der Waals surface area contributed by atoms with Crippen LogP contribution in [0.15, 0.2) is 68.8 Å². The van der Waals surface area contributed by atoms with Gasteiger partial charge in [-0.15, -0.1) is 0 Å². The molecule has 0 fully saturated rings. The van der Waals surface area contributed by atoms with Gasteiger partial charge in [-0.2, -0.15) is 0 Å². The van der Waals surface area contributed by atoms with E-state index in [1.165, 1.54) is 31.2 Å². The van der Waals surface area contributed by atoms with Gasteiger partial charge in [0.25, 0.3) is 0 Å². The van der Waals surface area contributed by atoms with E-state index < -0.39 is 8.07 Å². The monoisotopic (exact) mass is 444 g/mol. The molecule has 0 nitrogen and oxygen atoms in total. The Kier molecular flexibility index (Phi) is 3.78. The molecule has 23 heavy (non-hydrogen) atoms. The summed E-state index contributed by atoms with van der Waals surface area (Å²) in [7, 11) is -1.63. The van der Waals surface area contributed by atoms with Crippen molar-refractivity contribution in [2.24, 2.45) is 0 Å². The lowest BCUT2D eigenvalue weighted by Crippen LogP contribution is -2.37. The molecule has 0 atom stereocenters. The van der Waals surface area contributed by atoms with Gasteiger partial charge in [-0.25, -0.2) is 0 Å². The summed E-state index contributed by atoms with van der Waals surface area (Å²) >= 11 is 7.36. The Morgan fingerprint density at radius 3 is 1.96 bits per heavy atom. The topological polar surface area (TPSA) is 0 Å². The normalized spacial score (nSPS) is 16.4. The lowest BCUT2D eigenvalue weighted by molar-refractivity contribution is 1.10. The minimum absolute atomic E-state index is 0.522. The van der Waals surface area contributed by atoms with E-state index >= 15 is 0 Å². The fraction of sp³-hybridized carbons (Fsp3) is 0.200. The summed E-state index contributed by atoms with van der Waals surface area (Å²) in [5.74, 6) is 0. The molecule has 2 aliphatic carbocycles. The van der Waals surface area contributed by atoms with E-state index in [9.17, 15) is 0 Å². The highest BCUT2D eigenvalue weighted by Gasteiger charge is 2.43. The summed E-state index contributed by atoms with van der Waals surface area (Å²) in [5.41, 5.74) is 6.34. The lowest BCUT2D eigenvalue weighted by Gasteiger charge is -2.33.